The molecule has 7 unspecified atom stereocenters. The van der Waals surface area contributed by atoms with Gasteiger partial charge in [0.05, 0.1) is 31.8 Å². The minimum atomic E-state index is -1.39. The molecular formula is C62H66O12. The van der Waals surface area contributed by atoms with Gasteiger partial charge in [-0.1, -0.05) is 116 Å². The zero-order valence-corrected chi connectivity index (χ0v) is 42.1. The summed E-state index contributed by atoms with van der Waals surface area (Å²) in [6.45, 7) is -0.342. The van der Waals surface area contributed by atoms with Gasteiger partial charge in [-0.25, -0.2) is 9.59 Å². The number of rotatable bonds is 12. The molecule has 10 rings (SSSR count). The van der Waals surface area contributed by atoms with Crippen molar-refractivity contribution in [2.75, 3.05) is 26.6 Å². The van der Waals surface area contributed by atoms with Crippen LogP contribution in [0, 0.1) is 23.7 Å². The van der Waals surface area contributed by atoms with Crippen molar-refractivity contribution in [1.29, 1.82) is 0 Å². The van der Waals surface area contributed by atoms with E-state index < -0.39 is 54.7 Å². The van der Waals surface area contributed by atoms with Crippen molar-refractivity contribution in [3.05, 3.63) is 169 Å². The molecular weight excluding hydrogens is 937 g/mol. The largest absolute Gasteiger partial charge is 0.481 e. The Bertz CT molecular complexity index is 3060. The number of fused-ring (bicyclic) bond motifs is 9. The number of aliphatic hydroxyl groups excluding tert-OH is 4. The zero-order valence-electron chi connectivity index (χ0n) is 42.1. The Morgan fingerprint density at radius 2 is 1.69 bits per heavy atom. The number of aryl methyl sites for hydroxylation is 1. The van der Waals surface area contributed by atoms with Crippen LogP contribution in [0.15, 0.2) is 117 Å². The zero-order chi connectivity index (χ0) is 51.3. The molecule has 0 amide bonds. The average molecular weight is 1000 g/mol. The summed E-state index contributed by atoms with van der Waals surface area (Å²) in [5, 5.41) is 41.7. The predicted molar refractivity (Wildman–Crippen MR) is 278 cm³/mol. The fourth-order valence-corrected chi connectivity index (χ4v) is 12.7. The number of esters is 2. The van der Waals surface area contributed by atoms with Crippen molar-refractivity contribution in [3.63, 3.8) is 0 Å². The molecule has 4 aromatic carbocycles. The summed E-state index contributed by atoms with van der Waals surface area (Å²) in [4.78, 5) is 45.1. The molecule has 12 heteroatoms. The quantitative estimate of drug-likeness (QED) is 0.0233. The summed E-state index contributed by atoms with van der Waals surface area (Å²) in [6.07, 6.45) is 8.84. The maximum Gasteiger partial charge on any atom is 0.340 e. The normalized spacial score (nSPS) is 25.0. The fourth-order valence-electron chi connectivity index (χ4n) is 12.7. The van der Waals surface area contributed by atoms with E-state index >= 15 is 9.59 Å². The number of hydrogen-bond acceptors (Lipinski definition) is 12. The highest BCUT2D eigenvalue weighted by atomic mass is 16.6. The molecule has 1 saturated carbocycles. The summed E-state index contributed by atoms with van der Waals surface area (Å²) < 4.78 is 32.8. The molecule has 1 fully saturated rings. The third-order valence-corrected chi connectivity index (χ3v) is 16.5. The number of aliphatic hydroxyl groups is 4. The second-order valence-corrected chi connectivity index (χ2v) is 20.9. The molecule has 0 radical (unpaired) electrons. The Kier molecular flexibility index (Phi) is 15.7. The number of hydrogen-bond donors (Lipinski definition) is 4. The van der Waals surface area contributed by atoms with Gasteiger partial charge in [0.1, 0.15) is 18.1 Å². The number of carbonyl (C=O) groups excluding carboxylic acids is 2. The van der Waals surface area contributed by atoms with Crippen molar-refractivity contribution in [2.24, 2.45) is 11.8 Å². The molecule has 0 spiro atoms. The molecule has 2 aliphatic carbocycles. The fraction of sp³-hybridized carbons (Fsp3) is 0.435. The second-order valence-electron chi connectivity index (χ2n) is 20.9. The maximum atomic E-state index is 15.4. The van der Waals surface area contributed by atoms with Crippen LogP contribution in [0.3, 0.4) is 0 Å². The Morgan fingerprint density at radius 1 is 0.865 bits per heavy atom. The number of ether oxygens (including phenoxy) is 4. The first kappa shape index (κ1) is 51.2. The minimum absolute atomic E-state index is 0.00487. The summed E-state index contributed by atoms with van der Waals surface area (Å²) in [7, 11) is 0. The van der Waals surface area contributed by atoms with Gasteiger partial charge in [0, 0.05) is 59.6 Å². The topological polar surface area (TPSA) is 182 Å². The molecule has 5 aliphatic rings. The van der Waals surface area contributed by atoms with Crippen LogP contribution in [0.4, 0.5) is 0 Å². The Labute approximate surface area is 432 Å². The van der Waals surface area contributed by atoms with E-state index in [9.17, 15) is 25.2 Å². The summed E-state index contributed by atoms with van der Waals surface area (Å²) in [5.74, 6) is 4.72. The Hall–Kier alpha value is -6.33. The minimum Gasteiger partial charge on any atom is -0.481 e. The molecule has 4 N–H and O–H groups in total. The van der Waals surface area contributed by atoms with Crippen LogP contribution < -0.4 is 10.4 Å². The molecule has 5 bridgehead atoms. The van der Waals surface area contributed by atoms with Gasteiger partial charge in [-0.15, -0.1) is 0 Å². The van der Waals surface area contributed by atoms with E-state index in [1.54, 1.807) is 19.1 Å². The molecule has 3 aliphatic heterocycles. The van der Waals surface area contributed by atoms with Crippen LogP contribution in [0.25, 0.3) is 11.0 Å². The lowest BCUT2D eigenvalue weighted by molar-refractivity contribution is -0.204. The van der Waals surface area contributed by atoms with Gasteiger partial charge in [-0.05, 0) is 114 Å². The van der Waals surface area contributed by atoms with E-state index in [1.807, 2.05) is 6.07 Å². The molecule has 386 valence electrons. The van der Waals surface area contributed by atoms with Crippen LogP contribution in [0.5, 0.6) is 5.75 Å². The highest BCUT2D eigenvalue weighted by molar-refractivity contribution is 5.90. The molecule has 5 aromatic rings. The van der Waals surface area contributed by atoms with E-state index in [0.717, 1.165) is 60.8 Å². The van der Waals surface area contributed by atoms with E-state index in [1.165, 1.54) is 11.1 Å². The lowest BCUT2D eigenvalue weighted by Crippen LogP contribution is -2.60. The second kappa shape index (κ2) is 22.6. The van der Waals surface area contributed by atoms with Gasteiger partial charge in [0.15, 0.2) is 17.8 Å². The van der Waals surface area contributed by atoms with Crippen LogP contribution in [-0.4, -0.2) is 70.7 Å². The summed E-state index contributed by atoms with van der Waals surface area (Å²) >= 11 is 0. The Balaban J connectivity index is 1.17. The third-order valence-electron chi connectivity index (χ3n) is 16.5. The van der Waals surface area contributed by atoms with E-state index in [-0.39, 0.29) is 97.2 Å². The average Bonchev–Trinajstić information content (AvgIpc) is 3.43. The SMILES string of the molecule is CC(CO)=C1CCc2ccc3c(c2)CC#CCC2(C4CCCCC4)Oc4ccc5c(CO)c(C(CCO)COCO)c(=O)oc5c4C(OC(=O)CC4CC(c5cccc(Cc6ccccc6)c5)C=CC34)C2OC1=O. The van der Waals surface area contributed by atoms with Crippen molar-refractivity contribution < 1.29 is 53.4 Å². The van der Waals surface area contributed by atoms with Gasteiger partial charge in [0.25, 0.3) is 0 Å². The smallest absolute Gasteiger partial charge is 0.340 e. The molecule has 4 heterocycles. The van der Waals surface area contributed by atoms with Gasteiger partial charge in [0.2, 0.25) is 0 Å². The van der Waals surface area contributed by atoms with Crippen molar-refractivity contribution in [2.45, 2.75) is 133 Å². The highest BCUT2D eigenvalue weighted by Crippen LogP contribution is 2.54. The first-order valence-corrected chi connectivity index (χ1v) is 26.4. The van der Waals surface area contributed by atoms with Crippen LogP contribution in [0.1, 0.15) is 145 Å². The van der Waals surface area contributed by atoms with Crippen LogP contribution in [-0.2, 0) is 49.7 Å². The van der Waals surface area contributed by atoms with Gasteiger partial charge >= 0.3 is 17.6 Å². The lowest BCUT2D eigenvalue weighted by Gasteiger charge is -2.51. The maximum absolute atomic E-state index is 15.4. The van der Waals surface area contributed by atoms with Crippen LogP contribution >= 0.6 is 0 Å². The number of carbonyl (C=O) groups is 2. The predicted octanol–water partition coefficient (Wildman–Crippen LogP) is 9.25. The van der Waals surface area contributed by atoms with Crippen molar-refractivity contribution in [1.82, 2.24) is 0 Å². The van der Waals surface area contributed by atoms with E-state index in [2.05, 4.69) is 90.7 Å². The standard InChI is InChI=1S/C62H66O12/c1-38(34-64)48-21-18-40-19-22-49-44(30-40)14-8-9-27-62(47-16-6-3-7-17-47)59(73-60(48)68)58(56-53(74-62)25-24-51-52(35-65)55(61(69)72-57(51)56)45(26-28-63)36-70-37-66)71-54(67)33-46-32-43(20-23-50(46)49)42-15-10-13-41(31-42)29-39-11-4-2-5-12-39/h2,4-5,10-13,15,19-20,22-25,30-31,43,45-47,50,58-59,63-66H,3,6-7,14,16-18,21,26-29,32-37H2,1H3. The molecule has 1 aromatic heterocycles. The van der Waals surface area contributed by atoms with E-state index in [4.69, 9.17) is 23.4 Å². The first-order valence-electron chi connectivity index (χ1n) is 26.4. The van der Waals surface area contributed by atoms with Crippen molar-refractivity contribution in [3.8, 4) is 17.6 Å². The molecule has 74 heavy (non-hydrogen) atoms. The van der Waals surface area contributed by atoms with Gasteiger partial charge < -0.3 is 43.8 Å². The Morgan fingerprint density at radius 3 is 2.47 bits per heavy atom. The van der Waals surface area contributed by atoms with Crippen molar-refractivity contribution >= 4 is 22.9 Å². The van der Waals surface area contributed by atoms with E-state index in [0.29, 0.717) is 35.8 Å². The number of allylic oxidation sites excluding steroid dienone is 2. The van der Waals surface area contributed by atoms with Gasteiger partial charge in [-0.2, -0.15) is 0 Å². The monoisotopic (exact) mass is 1000 g/mol. The van der Waals surface area contributed by atoms with Gasteiger partial charge in [-0.3, -0.25) is 4.79 Å². The first-order chi connectivity index (χ1) is 36.1. The third kappa shape index (κ3) is 10.3. The molecule has 7 atom stereocenters. The van der Waals surface area contributed by atoms with Crippen LogP contribution in [0.2, 0.25) is 0 Å². The number of benzene rings is 4. The summed E-state index contributed by atoms with van der Waals surface area (Å²) in [5.41, 5.74) is 5.73. The molecule has 0 saturated heterocycles. The lowest BCUT2D eigenvalue weighted by atomic mass is 9.68. The summed E-state index contributed by atoms with van der Waals surface area (Å²) in [6, 6.07) is 28.9. The highest BCUT2D eigenvalue weighted by Gasteiger charge is 2.59. The molecule has 12 nitrogen and oxygen atoms in total.